The van der Waals surface area contributed by atoms with Crippen molar-refractivity contribution >= 4 is 11.6 Å². The molecular weight excluding hydrogens is 217 g/mol. The zero-order valence-electron chi connectivity index (χ0n) is 8.47. The van der Waals surface area contributed by atoms with E-state index in [1.54, 1.807) is 6.07 Å². The fourth-order valence-corrected chi connectivity index (χ4v) is 2.02. The van der Waals surface area contributed by atoms with Gasteiger partial charge in [0.1, 0.15) is 0 Å². The van der Waals surface area contributed by atoms with Crippen molar-refractivity contribution < 1.29 is 9.13 Å². The maximum atomic E-state index is 13.4. The second-order valence-electron chi connectivity index (χ2n) is 4.01. The maximum Gasteiger partial charge on any atom is 0.166 e. The number of hydrogen-bond acceptors (Lipinski definition) is 2. The van der Waals surface area contributed by atoms with Crippen molar-refractivity contribution in [3.8, 4) is 5.75 Å². The van der Waals surface area contributed by atoms with Crippen LogP contribution in [0.5, 0.6) is 5.75 Å². The van der Waals surface area contributed by atoms with Crippen LogP contribution in [0.1, 0.15) is 12.5 Å². The lowest BCUT2D eigenvalue weighted by molar-refractivity contribution is 0.196. The third-order valence-corrected chi connectivity index (χ3v) is 2.97. The quantitative estimate of drug-likeness (QED) is 0.803. The van der Waals surface area contributed by atoms with Gasteiger partial charge in [0.15, 0.2) is 11.6 Å². The van der Waals surface area contributed by atoms with E-state index in [0.717, 1.165) is 12.0 Å². The average molecular weight is 230 g/mol. The molecule has 2 rings (SSSR count). The van der Waals surface area contributed by atoms with Crippen LogP contribution in [0.2, 0.25) is 5.02 Å². The van der Waals surface area contributed by atoms with Crippen LogP contribution in [0.15, 0.2) is 12.1 Å². The van der Waals surface area contributed by atoms with E-state index in [2.05, 4.69) is 0 Å². The van der Waals surface area contributed by atoms with Crippen molar-refractivity contribution in [1.29, 1.82) is 0 Å². The third-order valence-electron chi connectivity index (χ3n) is 2.75. The summed E-state index contributed by atoms with van der Waals surface area (Å²) in [5.41, 5.74) is 6.61. The lowest BCUT2D eigenvalue weighted by Gasteiger charge is -2.28. The minimum absolute atomic E-state index is 0.0418. The Bertz CT molecular complexity index is 381. The van der Waals surface area contributed by atoms with Gasteiger partial charge in [-0.1, -0.05) is 11.6 Å². The summed E-state index contributed by atoms with van der Waals surface area (Å²) in [5.74, 6) is 0.173. The van der Waals surface area contributed by atoms with Crippen LogP contribution >= 0.6 is 11.6 Å². The first-order chi connectivity index (χ1) is 7.08. The first-order valence-electron chi connectivity index (χ1n) is 4.94. The molecule has 0 saturated heterocycles. The molecule has 1 aromatic carbocycles. The molecule has 0 saturated carbocycles. The first kappa shape index (κ1) is 10.7. The van der Waals surface area contributed by atoms with E-state index in [-0.39, 0.29) is 17.8 Å². The Labute approximate surface area is 93.2 Å². The maximum absolute atomic E-state index is 13.4. The van der Waals surface area contributed by atoms with Crippen molar-refractivity contribution in [3.05, 3.63) is 28.5 Å². The number of ether oxygens (including phenoxy) is 1. The zero-order chi connectivity index (χ0) is 11.0. The van der Waals surface area contributed by atoms with Gasteiger partial charge in [-0.3, -0.25) is 0 Å². The fourth-order valence-electron chi connectivity index (χ4n) is 1.80. The molecule has 0 spiro atoms. The average Bonchev–Trinajstić information content (AvgIpc) is 2.16. The largest absolute Gasteiger partial charge is 0.490 e. The summed E-state index contributed by atoms with van der Waals surface area (Å²) in [6.45, 7) is 2.41. The lowest BCUT2D eigenvalue weighted by atomic mass is 9.92. The highest BCUT2D eigenvalue weighted by Gasteiger charge is 2.25. The van der Waals surface area contributed by atoms with E-state index in [0.29, 0.717) is 17.4 Å². The van der Waals surface area contributed by atoms with Gasteiger partial charge in [-0.25, -0.2) is 4.39 Å². The molecule has 0 radical (unpaired) electrons. The molecule has 4 heteroatoms. The molecule has 0 amide bonds. The molecule has 2 atom stereocenters. The molecule has 1 aliphatic rings. The molecule has 1 heterocycles. The predicted octanol–water partition coefficient (Wildman–Crippen LogP) is 2.38. The van der Waals surface area contributed by atoms with Gasteiger partial charge in [0.2, 0.25) is 0 Å². The molecule has 0 aliphatic carbocycles. The Balaban J connectivity index is 2.33. The van der Waals surface area contributed by atoms with E-state index < -0.39 is 0 Å². The second-order valence-corrected chi connectivity index (χ2v) is 4.45. The summed E-state index contributed by atoms with van der Waals surface area (Å²) in [6.07, 6.45) is 0.727. The summed E-state index contributed by atoms with van der Waals surface area (Å²) in [4.78, 5) is 0. The van der Waals surface area contributed by atoms with Gasteiger partial charge < -0.3 is 10.5 Å². The Morgan fingerprint density at radius 3 is 3.00 bits per heavy atom. The van der Waals surface area contributed by atoms with E-state index in [9.17, 15) is 4.39 Å². The van der Waals surface area contributed by atoms with Crippen LogP contribution in [0.25, 0.3) is 0 Å². The predicted molar refractivity (Wildman–Crippen MR) is 57.7 cm³/mol. The summed E-state index contributed by atoms with van der Waals surface area (Å²) in [7, 11) is 0. The van der Waals surface area contributed by atoms with Crippen LogP contribution in [-0.2, 0) is 6.42 Å². The number of hydrogen-bond donors (Lipinski definition) is 1. The lowest BCUT2D eigenvalue weighted by Crippen LogP contribution is -2.35. The number of nitrogens with two attached hydrogens (primary N) is 1. The zero-order valence-corrected chi connectivity index (χ0v) is 9.22. The number of benzene rings is 1. The highest BCUT2D eigenvalue weighted by atomic mass is 35.5. The van der Waals surface area contributed by atoms with Crippen LogP contribution < -0.4 is 10.5 Å². The molecule has 1 aromatic rings. The number of halogens is 2. The van der Waals surface area contributed by atoms with E-state index >= 15 is 0 Å². The molecule has 1 unspecified atom stereocenters. The first-order valence-corrected chi connectivity index (χ1v) is 5.32. The van der Waals surface area contributed by atoms with Crippen molar-refractivity contribution in [2.45, 2.75) is 19.4 Å². The molecule has 0 fully saturated rings. The molecule has 15 heavy (non-hydrogen) atoms. The molecule has 82 valence electrons. The number of fused-ring (bicyclic) bond motifs is 1. The number of rotatable bonds is 1. The normalized spacial score (nSPS) is 21.7. The van der Waals surface area contributed by atoms with E-state index in [4.69, 9.17) is 22.1 Å². The van der Waals surface area contributed by atoms with Gasteiger partial charge in [-0.15, -0.1) is 0 Å². The van der Waals surface area contributed by atoms with Crippen molar-refractivity contribution in [2.75, 3.05) is 6.61 Å². The van der Waals surface area contributed by atoms with E-state index in [1.807, 2.05) is 6.92 Å². The topological polar surface area (TPSA) is 35.2 Å². The van der Waals surface area contributed by atoms with Gasteiger partial charge >= 0.3 is 0 Å². The van der Waals surface area contributed by atoms with Crippen LogP contribution in [0.3, 0.4) is 0 Å². The molecule has 0 bridgehead atoms. The summed E-state index contributed by atoms with van der Waals surface area (Å²) >= 11 is 5.78. The standard InChI is InChI=1S/C11H13ClFNO/c1-6(14)8-2-7-3-9(12)4-10(13)11(7)15-5-8/h3-4,6,8H,2,5,14H2,1H3/t6-,8?/m1/s1. The molecule has 0 aromatic heterocycles. The Hall–Kier alpha value is -0.800. The summed E-state index contributed by atoms with van der Waals surface area (Å²) < 4.78 is 18.8. The molecular formula is C11H13ClFNO. The van der Waals surface area contributed by atoms with Crippen molar-refractivity contribution in [3.63, 3.8) is 0 Å². The van der Waals surface area contributed by atoms with E-state index in [1.165, 1.54) is 6.07 Å². The summed E-state index contributed by atoms with van der Waals surface area (Å²) in [5, 5.41) is 0.403. The Morgan fingerprint density at radius 2 is 2.33 bits per heavy atom. The molecule has 2 nitrogen and oxygen atoms in total. The summed E-state index contributed by atoms with van der Waals surface area (Å²) in [6, 6.07) is 3.06. The van der Waals surface area contributed by atoms with Crippen LogP contribution in [-0.4, -0.2) is 12.6 Å². The fraction of sp³-hybridized carbons (Fsp3) is 0.455. The Kier molecular flexibility index (Phi) is 2.85. The third kappa shape index (κ3) is 2.08. The minimum Gasteiger partial charge on any atom is -0.490 e. The highest BCUT2D eigenvalue weighted by Crippen LogP contribution is 2.33. The van der Waals surface area contributed by atoms with Crippen molar-refractivity contribution in [1.82, 2.24) is 0 Å². The molecule has 1 aliphatic heterocycles. The van der Waals surface area contributed by atoms with Gasteiger partial charge in [-0.05, 0) is 31.0 Å². The Morgan fingerprint density at radius 1 is 1.60 bits per heavy atom. The molecule has 2 N–H and O–H groups in total. The monoisotopic (exact) mass is 229 g/mol. The van der Waals surface area contributed by atoms with Crippen LogP contribution in [0, 0.1) is 11.7 Å². The second kappa shape index (κ2) is 3.99. The minimum atomic E-state index is -0.388. The smallest absolute Gasteiger partial charge is 0.166 e. The van der Waals surface area contributed by atoms with Crippen molar-refractivity contribution in [2.24, 2.45) is 11.7 Å². The van der Waals surface area contributed by atoms with Crippen LogP contribution in [0.4, 0.5) is 4.39 Å². The van der Waals surface area contributed by atoms with Gasteiger partial charge in [0, 0.05) is 17.0 Å². The van der Waals surface area contributed by atoms with Gasteiger partial charge in [-0.2, -0.15) is 0 Å². The highest BCUT2D eigenvalue weighted by molar-refractivity contribution is 6.30. The van der Waals surface area contributed by atoms with Gasteiger partial charge in [0.25, 0.3) is 0 Å². The SMILES string of the molecule is C[C@@H](N)C1COc2c(F)cc(Cl)cc2C1. The van der Waals surface area contributed by atoms with Gasteiger partial charge in [0.05, 0.1) is 6.61 Å².